The van der Waals surface area contributed by atoms with Crippen LogP contribution in [0.2, 0.25) is 0 Å². The van der Waals surface area contributed by atoms with Gasteiger partial charge in [-0.25, -0.2) is 0 Å². The van der Waals surface area contributed by atoms with Crippen LogP contribution in [0.5, 0.6) is 0 Å². The first-order chi connectivity index (χ1) is 7.19. The van der Waals surface area contributed by atoms with Crippen molar-refractivity contribution in [2.75, 3.05) is 13.7 Å². The highest BCUT2D eigenvalue weighted by Crippen LogP contribution is 2.40. The quantitative estimate of drug-likeness (QED) is 0.819. The molecule has 1 unspecified atom stereocenters. The van der Waals surface area contributed by atoms with Crippen LogP contribution < -0.4 is 5.73 Å². The lowest BCUT2D eigenvalue weighted by Crippen LogP contribution is -2.33. The third-order valence-corrected chi connectivity index (χ3v) is 3.41. The summed E-state index contributed by atoms with van der Waals surface area (Å²) in [4.78, 5) is 0. The Labute approximate surface area is 91.4 Å². The van der Waals surface area contributed by atoms with Gasteiger partial charge in [-0.05, 0) is 36.8 Å². The minimum atomic E-state index is -0.345. The fourth-order valence-corrected chi connectivity index (χ4v) is 1.84. The van der Waals surface area contributed by atoms with Crippen LogP contribution in [-0.4, -0.2) is 13.7 Å². The van der Waals surface area contributed by atoms with Gasteiger partial charge in [0.05, 0.1) is 0 Å². The maximum Gasteiger partial charge on any atom is 0.102 e. The van der Waals surface area contributed by atoms with Crippen molar-refractivity contribution in [1.29, 1.82) is 0 Å². The molecule has 1 aliphatic rings. The lowest BCUT2D eigenvalue weighted by molar-refractivity contribution is 0.0101. The van der Waals surface area contributed by atoms with Crippen LogP contribution in [0.4, 0.5) is 0 Å². The largest absolute Gasteiger partial charge is 0.372 e. The van der Waals surface area contributed by atoms with Crippen LogP contribution in [0, 0.1) is 0 Å². The molecule has 1 aromatic rings. The minimum absolute atomic E-state index is 0.345. The van der Waals surface area contributed by atoms with Crippen LogP contribution in [0.3, 0.4) is 0 Å². The Kier molecular flexibility index (Phi) is 2.81. The van der Waals surface area contributed by atoms with E-state index in [0.717, 1.165) is 11.5 Å². The summed E-state index contributed by atoms with van der Waals surface area (Å²) < 4.78 is 5.46. The molecule has 1 aromatic carbocycles. The number of hydrogen-bond donors (Lipinski definition) is 1. The van der Waals surface area contributed by atoms with Crippen LogP contribution in [0.25, 0.3) is 0 Å². The monoisotopic (exact) mass is 205 g/mol. The second-order valence-corrected chi connectivity index (χ2v) is 4.54. The van der Waals surface area contributed by atoms with Gasteiger partial charge in [0.25, 0.3) is 0 Å². The second kappa shape index (κ2) is 3.95. The summed E-state index contributed by atoms with van der Waals surface area (Å²) in [6.45, 7) is 2.53. The third kappa shape index (κ3) is 2.06. The van der Waals surface area contributed by atoms with Crippen molar-refractivity contribution >= 4 is 0 Å². The van der Waals surface area contributed by atoms with Gasteiger partial charge in [-0.15, -0.1) is 0 Å². The Morgan fingerprint density at radius 2 is 1.93 bits per heavy atom. The zero-order chi connectivity index (χ0) is 10.9. The molecule has 0 radical (unpaired) electrons. The van der Waals surface area contributed by atoms with E-state index in [9.17, 15) is 0 Å². The number of benzene rings is 1. The summed E-state index contributed by atoms with van der Waals surface area (Å²) in [6, 6.07) is 8.70. The van der Waals surface area contributed by atoms with Gasteiger partial charge in [-0.2, -0.15) is 0 Å². The van der Waals surface area contributed by atoms with E-state index in [1.807, 2.05) is 6.92 Å². The molecule has 0 aliphatic heterocycles. The third-order valence-electron chi connectivity index (χ3n) is 3.41. The van der Waals surface area contributed by atoms with Crippen molar-refractivity contribution in [3.8, 4) is 0 Å². The van der Waals surface area contributed by atoms with E-state index < -0.39 is 0 Å². The van der Waals surface area contributed by atoms with Crippen LogP contribution in [0.1, 0.15) is 36.8 Å². The van der Waals surface area contributed by atoms with E-state index >= 15 is 0 Å². The van der Waals surface area contributed by atoms with Crippen LogP contribution in [0.15, 0.2) is 24.3 Å². The number of ether oxygens (including phenoxy) is 1. The number of rotatable bonds is 4. The molecule has 1 fully saturated rings. The fraction of sp³-hybridized carbons (Fsp3) is 0.538. The average molecular weight is 205 g/mol. The van der Waals surface area contributed by atoms with Crippen molar-refractivity contribution in [1.82, 2.24) is 0 Å². The molecule has 1 aliphatic carbocycles. The molecular formula is C13H19NO. The van der Waals surface area contributed by atoms with E-state index in [4.69, 9.17) is 10.5 Å². The predicted molar refractivity (Wildman–Crippen MR) is 61.8 cm³/mol. The van der Waals surface area contributed by atoms with E-state index in [-0.39, 0.29) is 5.60 Å². The van der Waals surface area contributed by atoms with Crippen molar-refractivity contribution in [3.63, 3.8) is 0 Å². The molecule has 1 atom stereocenters. The van der Waals surface area contributed by atoms with E-state index in [1.54, 1.807) is 7.11 Å². The smallest absolute Gasteiger partial charge is 0.102 e. The minimum Gasteiger partial charge on any atom is -0.372 e. The van der Waals surface area contributed by atoms with Gasteiger partial charge < -0.3 is 10.5 Å². The summed E-state index contributed by atoms with van der Waals surface area (Å²) in [5, 5.41) is 0. The van der Waals surface area contributed by atoms with Gasteiger partial charge in [0.15, 0.2) is 0 Å². The molecule has 0 bridgehead atoms. The van der Waals surface area contributed by atoms with Crippen molar-refractivity contribution in [2.24, 2.45) is 5.73 Å². The highest BCUT2D eigenvalue weighted by molar-refractivity contribution is 5.31. The summed E-state index contributed by atoms with van der Waals surface area (Å²) >= 11 is 0. The zero-order valence-electron chi connectivity index (χ0n) is 9.49. The summed E-state index contributed by atoms with van der Waals surface area (Å²) in [6.07, 6.45) is 2.69. The first kappa shape index (κ1) is 10.7. The lowest BCUT2D eigenvalue weighted by Gasteiger charge is -2.27. The molecule has 2 heteroatoms. The Bertz CT molecular complexity index is 323. The van der Waals surface area contributed by atoms with Crippen LogP contribution >= 0.6 is 0 Å². The lowest BCUT2D eigenvalue weighted by atomic mass is 9.94. The fourth-order valence-electron chi connectivity index (χ4n) is 1.84. The Morgan fingerprint density at radius 3 is 2.33 bits per heavy atom. The van der Waals surface area contributed by atoms with Crippen LogP contribution in [-0.2, 0) is 10.3 Å². The summed E-state index contributed by atoms with van der Waals surface area (Å²) in [5.74, 6) is 0.811. The molecule has 2 N–H and O–H groups in total. The number of nitrogens with two attached hydrogens (primary N) is 1. The van der Waals surface area contributed by atoms with Gasteiger partial charge in [-0.1, -0.05) is 24.3 Å². The topological polar surface area (TPSA) is 35.2 Å². The molecule has 0 saturated heterocycles. The predicted octanol–water partition coefficient (Wildman–Crippen LogP) is 2.38. The average Bonchev–Trinajstić information content (AvgIpc) is 3.12. The molecule has 15 heavy (non-hydrogen) atoms. The normalized spacial score (nSPS) is 19.9. The van der Waals surface area contributed by atoms with Gasteiger partial charge in [0.1, 0.15) is 5.60 Å². The molecule has 82 valence electrons. The Morgan fingerprint density at radius 1 is 1.33 bits per heavy atom. The zero-order valence-corrected chi connectivity index (χ0v) is 9.49. The maximum absolute atomic E-state index is 5.73. The number of hydrogen-bond acceptors (Lipinski definition) is 2. The van der Waals surface area contributed by atoms with E-state index in [1.165, 1.54) is 18.4 Å². The van der Waals surface area contributed by atoms with Gasteiger partial charge >= 0.3 is 0 Å². The second-order valence-electron chi connectivity index (χ2n) is 4.54. The summed E-state index contributed by atoms with van der Waals surface area (Å²) in [5.41, 5.74) is 8.01. The highest BCUT2D eigenvalue weighted by atomic mass is 16.5. The van der Waals surface area contributed by atoms with Gasteiger partial charge in [0, 0.05) is 13.7 Å². The maximum atomic E-state index is 5.73. The molecular weight excluding hydrogens is 186 g/mol. The molecule has 0 spiro atoms. The van der Waals surface area contributed by atoms with Crippen molar-refractivity contribution in [2.45, 2.75) is 31.3 Å². The van der Waals surface area contributed by atoms with E-state index in [0.29, 0.717) is 6.54 Å². The molecule has 1 saturated carbocycles. The highest BCUT2D eigenvalue weighted by Gasteiger charge is 2.26. The Hall–Kier alpha value is -0.860. The molecule has 0 aromatic heterocycles. The SMILES string of the molecule is COC(C)(CN)c1ccc(C2CC2)cc1. The summed E-state index contributed by atoms with van der Waals surface area (Å²) in [7, 11) is 1.71. The van der Waals surface area contributed by atoms with Gasteiger partial charge in [0.2, 0.25) is 0 Å². The van der Waals surface area contributed by atoms with Crippen molar-refractivity contribution in [3.05, 3.63) is 35.4 Å². The molecule has 0 amide bonds. The van der Waals surface area contributed by atoms with Crippen molar-refractivity contribution < 1.29 is 4.74 Å². The molecule has 0 heterocycles. The van der Waals surface area contributed by atoms with E-state index in [2.05, 4.69) is 24.3 Å². The molecule has 2 nitrogen and oxygen atoms in total. The first-order valence-corrected chi connectivity index (χ1v) is 5.55. The Balaban J connectivity index is 2.21. The first-order valence-electron chi connectivity index (χ1n) is 5.55. The standard InChI is InChI=1S/C13H19NO/c1-13(9-14,15-2)12-7-5-11(6-8-12)10-3-4-10/h5-8,10H,3-4,9,14H2,1-2H3. The van der Waals surface area contributed by atoms with Gasteiger partial charge in [-0.3, -0.25) is 0 Å². The number of methoxy groups -OCH3 is 1. The molecule has 2 rings (SSSR count).